The Labute approximate surface area is 282 Å². The van der Waals surface area contributed by atoms with E-state index in [-0.39, 0.29) is 5.78 Å². The molecule has 0 amide bonds. The summed E-state index contributed by atoms with van der Waals surface area (Å²) in [5, 5.41) is 20.7. The third kappa shape index (κ3) is 31.6. The molecule has 4 heteroatoms. The fourth-order valence-corrected chi connectivity index (χ4v) is 6.39. The topological polar surface area (TPSA) is 83.6 Å². The second-order valence-corrected chi connectivity index (χ2v) is 14.2. The Hall–Kier alpha value is -0.710. The summed E-state index contributed by atoms with van der Waals surface area (Å²) in [5.41, 5.74) is 6.01. The molecule has 0 aromatic rings. The molecule has 0 heterocycles. The van der Waals surface area contributed by atoms with Crippen molar-refractivity contribution in [1.82, 2.24) is 0 Å². The van der Waals surface area contributed by atoms with Crippen molar-refractivity contribution in [3.05, 3.63) is 12.2 Å². The number of hydrogen-bond acceptors (Lipinski definition) is 4. The number of carbonyl (C=O) groups is 1. The van der Waals surface area contributed by atoms with Gasteiger partial charge < -0.3 is 15.9 Å². The smallest absolute Gasteiger partial charge is 0.162 e. The highest BCUT2D eigenvalue weighted by Gasteiger charge is 2.26. The van der Waals surface area contributed by atoms with Crippen LogP contribution in [0.25, 0.3) is 0 Å². The van der Waals surface area contributed by atoms with Crippen LogP contribution in [-0.4, -0.2) is 34.2 Å². The van der Waals surface area contributed by atoms with Crippen LogP contribution in [0, 0.1) is 0 Å². The number of allylic oxidation sites excluding steroid dienone is 1. The number of aliphatic hydroxyl groups is 2. The van der Waals surface area contributed by atoms with Gasteiger partial charge in [0.25, 0.3) is 0 Å². The van der Waals surface area contributed by atoms with Crippen molar-refractivity contribution in [2.45, 2.75) is 244 Å². The van der Waals surface area contributed by atoms with Crippen LogP contribution in [0.4, 0.5) is 0 Å². The number of ketones is 1. The molecule has 3 atom stereocenters. The monoisotopic (exact) mass is 636 g/mol. The first kappa shape index (κ1) is 44.3. The van der Waals surface area contributed by atoms with E-state index in [1.54, 1.807) is 6.08 Å². The summed E-state index contributed by atoms with van der Waals surface area (Å²) in [7, 11) is 0. The van der Waals surface area contributed by atoms with Gasteiger partial charge in [0, 0.05) is 6.42 Å². The van der Waals surface area contributed by atoms with Gasteiger partial charge in [-0.25, -0.2) is 0 Å². The molecule has 0 saturated carbocycles. The quantitative estimate of drug-likeness (QED) is 0.0468. The van der Waals surface area contributed by atoms with Crippen molar-refractivity contribution in [3.63, 3.8) is 0 Å². The highest BCUT2D eigenvalue weighted by molar-refractivity contribution is 5.83. The first-order valence-corrected chi connectivity index (χ1v) is 20.4. The fourth-order valence-electron chi connectivity index (χ4n) is 6.39. The summed E-state index contributed by atoms with van der Waals surface area (Å²) in [6.07, 6.45) is 43.7. The van der Waals surface area contributed by atoms with E-state index >= 15 is 0 Å². The normalized spacial score (nSPS) is 13.9. The number of hydrogen-bond donors (Lipinski definition) is 3. The molecule has 4 nitrogen and oxygen atoms in total. The number of carbonyl (C=O) groups excluding carboxylic acids is 1. The average molecular weight is 636 g/mol. The van der Waals surface area contributed by atoms with E-state index in [1.807, 2.05) is 6.08 Å². The van der Waals surface area contributed by atoms with Gasteiger partial charge in [0.1, 0.15) is 6.10 Å². The number of unbranched alkanes of at least 4 members (excludes halogenated alkanes) is 30. The Morgan fingerprint density at radius 2 is 0.778 bits per heavy atom. The number of aliphatic hydroxyl groups excluding tert-OH is 2. The lowest BCUT2D eigenvalue weighted by atomic mass is 9.97. The first-order valence-electron chi connectivity index (χ1n) is 20.4. The number of rotatable bonds is 37. The van der Waals surface area contributed by atoms with Gasteiger partial charge in [0.05, 0.1) is 12.1 Å². The van der Waals surface area contributed by atoms with E-state index in [1.165, 1.54) is 173 Å². The molecule has 4 N–H and O–H groups in total. The maximum Gasteiger partial charge on any atom is 0.162 e. The maximum absolute atomic E-state index is 12.4. The molecule has 0 fully saturated rings. The molecular formula is C41H81NO3. The Morgan fingerprint density at radius 1 is 0.489 bits per heavy atom. The van der Waals surface area contributed by atoms with Crippen LogP contribution in [0.2, 0.25) is 0 Å². The largest absolute Gasteiger partial charge is 0.387 e. The van der Waals surface area contributed by atoms with Gasteiger partial charge >= 0.3 is 0 Å². The lowest BCUT2D eigenvalue weighted by Crippen LogP contribution is -2.47. The zero-order valence-electron chi connectivity index (χ0n) is 30.6. The first-order chi connectivity index (χ1) is 22.0. The van der Waals surface area contributed by atoms with E-state index in [2.05, 4.69) is 13.8 Å². The standard InChI is InChI=1S/C41H81NO3/c1-3-5-7-9-11-13-15-17-18-19-20-21-22-23-25-27-29-31-33-35-37-39(44)41(45)40(42)38(43)36-34-32-30-28-26-24-16-14-12-10-8-6-4-2/h34,36,38,40-41,43,45H,3-33,35,37,42H2,1-2H3/b36-34+/t38-,40-,41?/m1/s1. The van der Waals surface area contributed by atoms with Gasteiger partial charge in [-0.2, -0.15) is 0 Å². The fraction of sp³-hybridized carbons (Fsp3) is 0.927. The van der Waals surface area contributed by atoms with Crippen LogP contribution in [0.3, 0.4) is 0 Å². The molecule has 0 radical (unpaired) electrons. The van der Waals surface area contributed by atoms with Gasteiger partial charge in [0.15, 0.2) is 5.78 Å². The van der Waals surface area contributed by atoms with Crippen molar-refractivity contribution >= 4 is 5.78 Å². The average Bonchev–Trinajstić information content (AvgIpc) is 3.05. The molecule has 1 unspecified atom stereocenters. The molecule has 268 valence electrons. The minimum absolute atomic E-state index is 0.234. The van der Waals surface area contributed by atoms with Gasteiger partial charge in [-0.1, -0.05) is 212 Å². The lowest BCUT2D eigenvalue weighted by Gasteiger charge is -2.21. The molecule has 45 heavy (non-hydrogen) atoms. The van der Waals surface area contributed by atoms with Crippen molar-refractivity contribution in [2.24, 2.45) is 5.73 Å². The third-order valence-electron chi connectivity index (χ3n) is 9.67. The second-order valence-electron chi connectivity index (χ2n) is 14.2. The third-order valence-corrected chi connectivity index (χ3v) is 9.67. The summed E-state index contributed by atoms with van der Waals surface area (Å²) in [6.45, 7) is 4.55. The summed E-state index contributed by atoms with van der Waals surface area (Å²) in [4.78, 5) is 12.4. The molecule has 0 aliphatic carbocycles. The van der Waals surface area contributed by atoms with Crippen molar-refractivity contribution in [1.29, 1.82) is 0 Å². The van der Waals surface area contributed by atoms with Crippen LogP contribution < -0.4 is 5.73 Å². The Kier molecular flexibility index (Phi) is 35.6. The van der Waals surface area contributed by atoms with Gasteiger partial charge in [-0.05, 0) is 19.3 Å². The summed E-state index contributed by atoms with van der Waals surface area (Å²) < 4.78 is 0. The molecule has 0 aliphatic heterocycles. The summed E-state index contributed by atoms with van der Waals surface area (Å²) in [6, 6.07) is -0.948. The molecule has 0 aromatic carbocycles. The van der Waals surface area contributed by atoms with E-state index in [0.29, 0.717) is 6.42 Å². The van der Waals surface area contributed by atoms with Crippen LogP contribution in [0.5, 0.6) is 0 Å². The van der Waals surface area contributed by atoms with Crippen molar-refractivity contribution in [2.75, 3.05) is 0 Å². The SMILES string of the molecule is CCCCCCCCCCCCC/C=C/[C@@H](O)[C@@H](N)C(O)C(=O)CCCCCCCCCCCCCCCCCCCCCC. The Balaban J connectivity index is 3.54. The Morgan fingerprint density at radius 3 is 1.11 bits per heavy atom. The van der Waals surface area contributed by atoms with Crippen molar-refractivity contribution < 1.29 is 15.0 Å². The van der Waals surface area contributed by atoms with Crippen LogP contribution >= 0.6 is 0 Å². The second kappa shape index (κ2) is 36.1. The predicted octanol–water partition coefficient (Wildman–Crippen LogP) is 12.1. The summed E-state index contributed by atoms with van der Waals surface area (Å²) in [5.74, 6) is -0.234. The van der Waals surface area contributed by atoms with Gasteiger partial charge in [-0.15, -0.1) is 0 Å². The van der Waals surface area contributed by atoms with Crippen LogP contribution in [-0.2, 0) is 4.79 Å². The lowest BCUT2D eigenvalue weighted by molar-refractivity contribution is -0.129. The van der Waals surface area contributed by atoms with Gasteiger partial charge in [-0.3, -0.25) is 4.79 Å². The number of nitrogens with two attached hydrogens (primary N) is 1. The minimum Gasteiger partial charge on any atom is -0.387 e. The molecule has 0 bridgehead atoms. The molecule has 0 aromatic heterocycles. The van der Waals surface area contributed by atoms with E-state index in [4.69, 9.17) is 5.73 Å². The van der Waals surface area contributed by atoms with Crippen LogP contribution in [0.15, 0.2) is 12.2 Å². The van der Waals surface area contributed by atoms with Crippen LogP contribution in [0.1, 0.15) is 226 Å². The van der Waals surface area contributed by atoms with E-state index < -0.39 is 18.2 Å². The van der Waals surface area contributed by atoms with Gasteiger partial charge in [0.2, 0.25) is 0 Å². The maximum atomic E-state index is 12.4. The number of Topliss-reactive ketones (excluding diaryl/α,β-unsaturated/α-hetero) is 1. The molecular weight excluding hydrogens is 554 g/mol. The summed E-state index contributed by atoms with van der Waals surface area (Å²) >= 11 is 0. The molecule has 0 saturated heterocycles. The molecule has 0 aliphatic rings. The highest BCUT2D eigenvalue weighted by Crippen LogP contribution is 2.16. The molecule has 0 spiro atoms. The zero-order valence-corrected chi connectivity index (χ0v) is 30.6. The zero-order chi connectivity index (χ0) is 33.1. The highest BCUT2D eigenvalue weighted by atomic mass is 16.3. The van der Waals surface area contributed by atoms with E-state index in [0.717, 1.165) is 32.1 Å². The predicted molar refractivity (Wildman–Crippen MR) is 198 cm³/mol. The van der Waals surface area contributed by atoms with Crippen molar-refractivity contribution in [3.8, 4) is 0 Å². The Bertz CT molecular complexity index is 622. The molecule has 0 rings (SSSR count). The van der Waals surface area contributed by atoms with E-state index in [9.17, 15) is 15.0 Å². The minimum atomic E-state index is -1.29.